The van der Waals surface area contributed by atoms with Gasteiger partial charge in [0.05, 0.1) is 5.69 Å². The zero-order valence-electron chi connectivity index (χ0n) is 32.5. The summed E-state index contributed by atoms with van der Waals surface area (Å²) in [6.07, 6.45) is 7.33. The van der Waals surface area contributed by atoms with Crippen LogP contribution in [-0.2, 0) is 36.7 Å². The molecule has 6 heteroatoms. The topological polar surface area (TPSA) is 76.2 Å². The van der Waals surface area contributed by atoms with E-state index in [1.807, 2.05) is 47.6 Å². The van der Waals surface area contributed by atoms with Gasteiger partial charge in [-0.15, -0.1) is 29.1 Å². The first-order valence-corrected chi connectivity index (χ1v) is 18.3. The molecule has 2 aromatic heterocycles. The molecular weight excluding hydrogens is 809 g/mol. The Morgan fingerprint density at radius 2 is 1.47 bits per heavy atom. The van der Waals surface area contributed by atoms with E-state index >= 15 is 0 Å². The van der Waals surface area contributed by atoms with Gasteiger partial charge in [0.25, 0.3) is 0 Å². The van der Waals surface area contributed by atoms with Crippen LogP contribution in [0, 0.1) is 22.8 Å². The number of benzene rings is 3. The molecular formula is C45H57IrN2O3-. The molecule has 2 heterocycles. The minimum atomic E-state index is -0.337. The van der Waals surface area contributed by atoms with E-state index in [0.29, 0.717) is 5.92 Å². The molecule has 275 valence electrons. The Bertz CT molecular complexity index is 1960. The summed E-state index contributed by atoms with van der Waals surface area (Å²) in [7, 11) is 0. The number of nitrogens with zero attached hydrogens (tertiary/aromatic N) is 2. The maximum Gasteiger partial charge on any atom is 0.164 e. The largest absolute Gasteiger partial charge is 0.512 e. The fraction of sp³-hybridized carbons (Fsp3) is 0.444. The van der Waals surface area contributed by atoms with Crippen LogP contribution in [0.3, 0.4) is 0 Å². The van der Waals surface area contributed by atoms with Crippen molar-refractivity contribution in [2.24, 2.45) is 16.7 Å². The molecule has 0 saturated carbocycles. The minimum Gasteiger partial charge on any atom is -0.512 e. The van der Waals surface area contributed by atoms with E-state index in [4.69, 9.17) is 4.42 Å². The normalized spacial score (nSPS) is 12.5. The van der Waals surface area contributed by atoms with Gasteiger partial charge in [-0.05, 0) is 55.2 Å². The van der Waals surface area contributed by atoms with Crippen LogP contribution in [0.1, 0.15) is 113 Å². The molecule has 3 aromatic carbocycles. The van der Waals surface area contributed by atoms with Gasteiger partial charge < -0.3 is 9.52 Å². The molecule has 1 radical (unpaired) electrons. The van der Waals surface area contributed by atoms with Crippen molar-refractivity contribution in [2.45, 2.75) is 114 Å². The van der Waals surface area contributed by atoms with Gasteiger partial charge in [0, 0.05) is 60.1 Å². The molecule has 0 spiro atoms. The predicted octanol–water partition coefficient (Wildman–Crippen LogP) is 12.7. The molecule has 0 amide bonds. The Labute approximate surface area is 319 Å². The third-order valence-corrected chi connectivity index (χ3v) is 10.6. The van der Waals surface area contributed by atoms with Crippen molar-refractivity contribution in [1.29, 1.82) is 0 Å². The van der Waals surface area contributed by atoms with Gasteiger partial charge in [-0.3, -0.25) is 9.78 Å². The van der Waals surface area contributed by atoms with E-state index in [0.717, 1.165) is 76.7 Å². The van der Waals surface area contributed by atoms with Gasteiger partial charge in [0.2, 0.25) is 0 Å². The first-order valence-electron chi connectivity index (χ1n) is 18.3. The molecule has 0 saturated heterocycles. The zero-order chi connectivity index (χ0) is 36.9. The summed E-state index contributed by atoms with van der Waals surface area (Å²) in [6.45, 7) is 23.2. The quantitative estimate of drug-likeness (QED) is 0.0813. The second-order valence-electron chi connectivity index (χ2n) is 15.7. The second kappa shape index (κ2) is 17.3. The molecule has 0 aliphatic carbocycles. The zero-order valence-corrected chi connectivity index (χ0v) is 34.9. The first-order chi connectivity index (χ1) is 23.6. The molecule has 5 rings (SSSR count). The minimum absolute atomic E-state index is 0. The number of furan rings is 1. The fourth-order valence-electron chi connectivity index (χ4n) is 6.08. The molecule has 0 aliphatic heterocycles. The summed E-state index contributed by atoms with van der Waals surface area (Å²) < 4.78 is 6.11. The SMILES string of the molecule is CC(C)Cc1cc2ccc(-c3cc(-c4[c-]c5ccccc5c(C(C)(C)C)c4)ncn3)cc2o1.CCC(C)(CC)C(=O)/C=C(\O)C(C)(CC)CC.[Ir]. The van der Waals surface area contributed by atoms with Crippen LogP contribution in [0.15, 0.2) is 83.2 Å². The number of carbonyl (C=O) groups excluding carboxylic acids is 1. The predicted molar refractivity (Wildman–Crippen MR) is 209 cm³/mol. The number of ketones is 1. The van der Waals surface area contributed by atoms with Crippen LogP contribution >= 0.6 is 0 Å². The monoisotopic (exact) mass is 866 g/mol. The van der Waals surface area contributed by atoms with Crippen molar-refractivity contribution in [1.82, 2.24) is 9.97 Å². The average molecular weight is 866 g/mol. The average Bonchev–Trinajstić information content (AvgIpc) is 3.51. The van der Waals surface area contributed by atoms with Gasteiger partial charge in [-0.25, -0.2) is 4.98 Å². The van der Waals surface area contributed by atoms with Crippen molar-refractivity contribution in [2.75, 3.05) is 0 Å². The second-order valence-corrected chi connectivity index (χ2v) is 15.7. The smallest absolute Gasteiger partial charge is 0.164 e. The Balaban J connectivity index is 0.000000335. The summed E-state index contributed by atoms with van der Waals surface area (Å²) in [5.41, 5.74) is 5.36. The first kappa shape index (κ1) is 41.8. The molecule has 5 aromatic rings. The maximum absolute atomic E-state index is 12.2. The van der Waals surface area contributed by atoms with Crippen molar-refractivity contribution < 1.29 is 34.4 Å². The molecule has 5 nitrogen and oxygen atoms in total. The van der Waals surface area contributed by atoms with Crippen LogP contribution in [0.2, 0.25) is 0 Å². The van der Waals surface area contributed by atoms with Gasteiger partial charge >= 0.3 is 0 Å². The standard InChI is InChI=1S/C30H29N2O.C15H28O2.Ir/c1-19(2)12-24-14-22-11-10-21(16-29(22)33-24)27-17-28(32-18-31-27)23-13-20-8-6-7-9-25(20)26(15-23)30(3,4)5;1-7-14(5,8-2)12(16)11-13(17)15(6,9-3)10-4;/h6-11,14-19H,12H2,1-5H3;11,16H,7-10H2,1-6H3;/q-1;;/b;12-11-;. The number of aromatic nitrogens is 2. The third kappa shape index (κ3) is 9.84. The van der Waals surface area contributed by atoms with Crippen molar-refractivity contribution >= 4 is 27.5 Å². The number of fused-ring (bicyclic) bond motifs is 2. The summed E-state index contributed by atoms with van der Waals surface area (Å²) >= 11 is 0. The van der Waals surface area contributed by atoms with Gasteiger partial charge in [-0.2, -0.15) is 0 Å². The number of rotatable bonds is 11. The molecule has 1 N–H and O–H groups in total. The Kier molecular flexibility index (Phi) is 14.2. The Hall–Kier alpha value is -3.60. The van der Waals surface area contributed by atoms with Crippen LogP contribution in [-0.4, -0.2) is 20.9 Å². The van der Waals surface area contributed by atoms with E-state index in [1.54, 1.807) is 6.33 Å². The fourth-order valence-corrected chi connectivity index (χ4v) is 6.08. The Morgan fingerprint density at radius 3 is 2.08 bits per heavy atom. The van der Waals surface area contributed by atoms with Gasteiger partial charge in [-0.1, -0.05) is 117 Å². The summed E-state index contributed by atoms with van der Waals surface area (Å²) in [5.74, 6) is 1.88. The molecule has 0 fully saturated rings. The van der Waals surface area contributed by atoms with Crippen LogP contribution in [0.4, 0.5) is 0 Å². The molecule has 51 heavy (non-hydrogen) atoms. The van der Waals surface area contributed by atoms with Crippen molar-refractivity contribution in [3.63, 3.8) is 0 Å². The molecule has 0 aliphatic rings. The molecule has 0 atom stereocenters. The summed E-state index contributed by atoms with van der Waals surface area (Å²) in [6, 6.07) is 24.7. The number of aliphatic hydroxyl groups excluding tert-OH is 1. The van der Waals surface area contributed by atoms with E-state index in [9.17, 15) is 9.90 Å². The van der Waals surface area contributed by atoms with Crippen LogP contribution < -0.4 is 0 Å². The van der Waals surface area contributed by atoms with Crippen molar-refractivity contribution in [3.8, 4) is 22.5 Å². The number of allylic oxidation sites excluding steroid dienone is 2. The summed E-state index contributed by atoms with van der Waals surface area (Å²) in [5, 5.41) is 13.6. The maximum atomic E-state index is 12.2. The van der Waals surface area contributed by atoms with E-state index in [2.05, 4.69) is 105 Å². The van der Waals surface area contributed by atoms with E-state index in [1.165, 1.54) is 17.0 Å². The molecule has 0 unspecified atom stereocenters. The van der Waals surface area contributed by atoms with E-state index < -0.39 is 0 Å². The van der Waals surface area contributed by atoms with E-state index in [-0.39, 0.29) is 47.9 Å². The molecule has 0 bridgehead atoms. The number of aliphatic hydroxyl groups is 1. The van der Waals surface area contributed by atoms with Gasteiger partial charge in [0.15, 0.2) is 5.78 Å². The van der Waals surface area contributed by atoms with Crippen LogP contribution in [0.5, 0.6) is 0 Å². The van der Waals surface area contributed by atoms with Crippen LogP contribution in [0.25, 0.3) is 44.3 Å². The van der Waals surface area contributed by atoms with Gasteiger partial charge in [0.1, 0.15) is 23.4 Å². The number of hydrogen-bond acceptors (Lipinski definition) is 5. The Morgan fingerprint density at radius 1 is 0.843 bits per heavy atom. The third-order valence-electron chi connectivity index (χ3n) is 10.6. The summed E-state index contributed by atoms with van der Waals surface area (Å²) in [4.78, 5) is 21.3. The van der Waals surface area contributed by atoms with Crippen molar-refractivity contribution in [3.05, 3.63) is 96.2 Å². The number of carbonyl (C=O) groups is 1. The number of hydrogen-bond donors (Lipinski definition) is 1.